The molecular formula is C18H22N2O4S3. The normalized spacial score (nSPS) is 14.6. The molecule has 1 N–H and O–H groups in total. The van der Waals surface area contributed by atoms with E-state index < -0.39 is 10.0 Å². The SMILES string of the molecule is CC(=O)N1CCCSc2ccc(S(=O)(=O)NCCSCc3ccco3)cc21. The lowest BCUT2D eigenvalue weighted by Crippen LogP contribution is -2.30. The zero-order chi connectivity index (χ0) is 19.3. The van der Waals surface area contributed by atoms with Crippen LogP contribution in [0, 0.1) is 0 Å². The topological polar surface area (TPSA) is 79.6 Å². The van der Waals surface area contributed by atoms with E-state index in [-0.39, 0.29) is 10.8 Å². The lowest BCUT2D eigenvalue weighted by atomic mass is 10.2. The largest absolute Gasteiger partial charge is 0.468 e. The van der Waals surface area contributed by atoms with E-state index in [1.807, 2.05) is 12.1 Å². The second-order valence-electron chi connectivity index (χ2n) is 6.03. The molecule has 0 saturated heterocycles. The lowest BCUT2D eigenvalue weighted by Gasteiger charge is -2.21. The highest BCUT2D eigenvalue weighted by molar-refractivity contribution is 7.99. The molecule has 1 aromatic heterocycles. The summed E-state index contributed by atoms with van der Waals surface area (Å²) in [5.74, 6) is 3.05. The van der Waals surface area contributed by atoms with Gasteiger partial charge in [0.05, 0.1) is 22.6 Å². The van der Waals surface area contributed by atoms with E-state index in [0.717, 1.165) is 22.8 Å². The fraction of sp³-hybridized carbons (Fsp3) is 0.389. The van der Waals surface area contributed by atoms with Crippen molar-refractivity contribution in [1.82, 2.24) is 4.72 Å². The summed E-state index contributed by atoms with van der Waals surface area (Å²) < 4.78 is 33.1. The van der Waals surface area contributed by atoms with Gasteiger partial charge in [-0.15, -0.1) is 11.8 Å². The van der Waals surface area contributed by atoms with E-state index >= 15 is 0 Å². The van der Waals surface area contributed by atoms with Gasteiger partial charge in [0.1, 0.15) is 5.76 Å². The van der Waals surface area contributed by atoms with E-state index in [4.69, 9.17) is 4.42 Å². The summed E-state index contributed by atoms with van der Waals surface area (Å²) >= 11 is 3.25. The van der Waals surface area contributed by atoms with Crippen molar-refractivity contribution in [3.63, 3.8) is 0 Å². The first kappa shape index (κ1) is 20.3. The van der Waals surface area contributed by atoms with Crippen LogP contribution < -0.4 is 9.62 Å². The summed E-state index contributed by atoms with van der Waals surface area (Å²) in [6.45, 7) is 2.45. The zero-order valence-corrected chi connectivity index (χ0v) is 17.5. The van der Waals surface area contributed by atoms with Crippen LogP contribution in [0.4, 0.5) is 5.69 Å². The maximum Gasteiger partial charge on any atom is 0.240 e. The number of carbonyl (C=O) groups excluding carboxylic acids is 1. The fourth-order valence-corrected chi connectivity index (χ4v) is 5.66. The van der Waals surface area contributed by atoms with Gasteiger partial charge in [0.2, 0.25) is 15.9 Å². The predicted molar refractivity (Wildman–Crippen MR) is 110 cm³/mol. The highest BCUT2D eigenvalue weighted by Crippen LogP contribution is 2.35. The number of amides is 1. The number of nitrogens with one attached hydrogen (secondary N) is 1. The van der Waals surface area contributed by atoms with Gasteiger partial charge in [0.15, 0.2) is 0 Å². The Balaban J connectivity index is 1.64. The number of nitrogens with zero attached hydrogens (tertiary/aromatic N) is 1. The summed E-state index contributed by atoms with van der Waals surface area (Å²) in [7, 11) is -3.62. The molecule has 2 aromatic rings. The van der Waals surface area contributed by atoms with Crippen LogP contribution in [0.2, 0.25) is 0 Å². The lowest BCUT2D eigenvalue weighted by molar-refractivity contribution is -0.116. The van der Waals surface area contributed by atoms with Gasteiger partial charge in [-0.2, -0.15) is 11.8 Å². The minimum Gasteiger partial charge on any atom is -0.468 e. The smallest absolute Gasteiger partial charge is 0.240 e. The van der Waals surface area contributed by atoms with Crippen LogP contribution in [-0.4, -0.2) is 38.9 Å². The van der Waals surface area contributed by atoms with Crippen molar-refractivity contribution in [2.24, 2.45) is 0 Å². The highest BCUT2D eigenvalue weighted by atomic mass is 32.2. The standard InChI is InChI=1S/C18H22N2O4S3/c1-14(21)20-8-3-10-26-18-6-5-16(12-17(18)20)27(22,23)19-7-11-25-13-15-4-2-9-24-15/h2,4-6,9,12,19H,3,7-8,10-11,13H2,1H3. The van der Waals surface area contributed by atoms with E-state index in [1.165, 1.54) is 6.92 Å². The molecule has 0 atom stereocenters. The van der Waals surface area contributed by atoms with Gasteiger partial charge in [0.25, 0.3) is 0 Å². The molecule has 9 heteroatoms. The first-order valence-corrected chi connectivity index (χ1v) is 12.2. The van der Waals surface area contributed by atoms with Crippen LogP contribution in [0.25, 0.3) is 0 Å². The molecule has 1 aromatic carbocycles. The van der Waals surface area contributed by atoms with Crippen LogP contribution in [-0.2, 0) is 20.6 Å². The summed E-state index contributed by atoms with van der Waals surface area (Å²) in [5.41, 5.74) is 0.681. The van der Waals surface area contributed by atoms with Gasteiger partial charge < -0.3 is 9.32 Å². The van der Waals surface area contributed by atoms with Gasteiger partial charge >= 0.3 is 0 Å². The minimum absolute atomic E-state index is 0.0735. The van der Waals surface area contributed by atoms with Crippen molar-refractivity contribution in [2.45, 2.75) is 28.9 Å². The number of anilines is 1. The maximum absolute atomic E-state index is 12.6. The average molecular weight is 427 g/mol. The molecule has 3 rings (SSSR count). The van der Waals surface area contributed by atoms with Crippen molar-refractivity contribution in [3.05, 3.63) is 42.4 Å². The Morgan fingerprint density at radius 1 is 1.37 bits per heavy atom. The molecule has 0 radical (unpaired) electrons. The molecule has 0 saturated carbocycles. The van der Waals surface area contributed by atoms with Crippen molar-refractivity contribution in [1.29, 1.82) is 0 Å². The molecular weight excluding hydrogens is 404 g/mol. The third-order valence-corrected chi connectivity index (χ3v) is 7.65. The Hall–Kier alpha value is -1.42. The summed E-state index contributed by atoms with van der Waals surface area (Å²) in [4.78, 5) is 14.7. The number of benzene rings is 1. The monoisotopic (exact) mass is 426 g/mol. The summed E-state index contributed by atoms with van der Waals surface area (Å²) in [6.07, 6.45) is 2.51. The van der Waals surface area contributed by atoms with E-state index in [9.17, 15) is 13.2 Å². The molecule has 0 aliphatic carbocycles. The predicted octanol–water partition coefficient (Wildman–Crippen LogP) is 3.34. The van der Waals surface area contributed by atoms with Crippen molar-refractivity contribution in [2.75, 3.05) is 29.5 Å². The molecule has 0 unspecified atom stereocenters. The highest BCUT2D eigenvalue weighted by Gasteiger charge is 2.22. The molecule has 1 aliphatic rings. The first-order chi connectivity index (χ1) is 13.0. The van der Waals surface area contributed by atoms with Gasteiger partial charge in [-0.25, -0.2) is 13.1 Å². The quantitative estimate of drug-likeness (QED) is 0.684. The third-order valence-electron chi connectivity index (χ3n) is 4.06. The Morgan fingerprint density at radius 3 is 2.96 bits per heavy atom. The first-order valence-electron chi connectivity index (χ1n) is 8.62. The molecule has 1 aliphatic heterocycles. The number of hydrogen-bond acceptors (Lipinski definition) is 6. The number of carbonyl (C=O) groups is 1. The molecule has 146 valence electrons. The summed E-state index contributed by atoms with van der Waals surface area (Å²) in [5, 5.41) is 0. The van der Waals surface area contributed by atoms with E-state index in [2.05, 4.69) is 4.72 Å². The van der Waals surface area contributed by atoms with E-state index in [0.29, 0.717) is 30.3 Å². The number of thioether (sulfide) groups is 2. The molecule has 0 bridgehead atoms. The fourth-order valence-electron chi connectivity index (χ4n) is 2.75. The number of hydrogen-bond donors (Lipinski definition) is 1. The van der Waals surface area contributed by atoms with Gasteiger partial charge in [0, 0.05) is 30.7 Å². The number of furan rings is 1. The van der Waals surface area contributed by atoms with E-state index in [1.54, 1.807) is 52.9 Å². The second kappa shape index (κ2) is 9.18. The van der Waals surface area contributed by atoms with Crippen LogP contribution in [0.15, 0.2) is 50.8 Å². The van der Waals surface area contributed by atoms with Crippen LogP contribution >= 0.6 is 23.5 Å². The van der Waals surface area contributed by atoms with Crippen molar-refractivity contribution >= 4 is 45.1 Å². The van der Waals surface area contributed by atoms with Crippen LogP contribution in [0.5, 0.6) is 0 Å². The van der Waals surface area contributed by atoms with Gasteiger partial charge in [-0.05, 0) is 42.5 Å². The van der Waals surface area contributed by atoms with Gasteiger partial charge in [-0.1, -0.05) is 0 Å². The van der Waals surface area contributed by atoms with Crippen molar-refractivity contribution < 1.29 is 17.6 Å². The second-order valence-corrected chi connectivity index (χ2v) is 10.0. The Labute approximate surface area is 168 Å². The zero-order valence-electron chi connectivity index (χ0n) is 15.0. The maximum atomic E-state index is 12.6. The number of fused-ring (bicyclic) bond motifs is 1. The summed E-state index contributed by atoms with van der Waals surface area (Å²) in [6, 6.07) is 8.73. The molecule has 6 nitrogen and oxygen atoms in total. The van der Waals surface area contributed by atoms with Crippen molar-refractivity contribution in [3.8, 4) is 0 Å². The number of sulfonamides is 1. The average Bonchev–Trinajstić information content (AvgIpc) is 3.05. The molecule has 0 spiro atoms. The Kier molecular flexibility index (Phi) is 6.91. The minimum atomic E-state index is -3.62. The Bertz CT molecular complexity index is 882. The van der Waals surface area contributed by atoms with Gasteiger partial charge in [-0.3, -0.25) is 4.79 Å². The van der Waals surface area contributed by atoms with Crippen LogP contribution in [0.1, 0.15) is 19.1 Å². The molecule has 27 heavy (non-hydrogen) atoms. The molecule has 1 amide bonds. The van der Waals surface area contributed by atoms with Crippen LogP contribution in [0.3, 0.4) is 0 Å². The third kappa shape index (κ3) is 5.31. The Morgan fingerprint density at radius 2 is 2.22 bits per heavy atom. The number of rotatable bonds is 7. The molecule has 2 heterocycles. The molecule has 0 fully saturated rings.